The number of benzene rings is 1. The van der Waals surface area contributed by atoms with Gasteiger partial charge in [-0.1, -0.05) is 13.8 Å². The maximum absolute atomic E-state index is 5.95. The molecule has 0 fully saturated rings. The highest BCUT2D eigenvalue weighted by atomic mass is 16.5. The van der Waals surface area contributed by atoms with Gasteiger partial charge < -0.3 is 9.30 Å². The Morgan fingerprint density at radius 1 is 1.27 bits per heavy atom. The molecule has 0 bridgehead atoms. The second-order valence-electron chi connectivity index (χ2n) is 7.29. The van der Waals surface area contributed by atoms with Crippen LogP contribution in [-0.2, 0) is 13.0 Å². The molecule has 3 heteroatoms. The van der Waals surface area contributed by atoms with E-state index in [2.05, 4.69) is 48.6 Å². The average molecular weight is 298 g/mol. The molecular weight excluding hydrogens is 272 g/mol. The van der Waals surface area contributed by atoms with Gasteiger partial charge in [-0.15, -0.1) is 0 Å². The third-order valence-corrected chi connectivity index (χ3v) is 5.20. The van der Waals surface area contributed by atoms with Gasteiger partial charge in [0.25, 0.3) is 0 Å². The molecule has 1 aliphatic carbocycles. The van der Waals surface area contributed by atoms with E-state index >= 15 is 0 Å². The van der Waals surface area contributed by atoms with E-state index in [0.29, 0.717) is 12.0 Å². The molecule has 0 amide bonds. The SMILES string of the molecule is CC(C)COc1ccc2c(c1)c1c3n2CCN(C)C3CCC1. The number of hydrogen-bond acceptors (Lipinski definition) is 2. The molecule has 4 rings (SSSR count). The van der Waals surface area contributed by atoms with Crippen LogP contribution < -0.4 is 4.74 Å². The van der Waals surface area contributed by atoms with Gasteiger partial charge in [-0.05, 0) is 56.0 Å². The predicted molar refractivity (Wildman–Crippen MR) is 90.6 cm³/mol. The number of ether oxygens (including phenoxy) is 1. The first kappa shape index (κ1) is 14.1. The van der Waals surface area contributed by atoms with Gasteiger partial charge in [0.2, 0.25) is 0 Å². The predicted octanol–water partition coefficient (Wildman–Crippen LogP) is 4.00. The van der Waals surface area contributed by atoms with Crippen LogP contribution in [0, 0.1) is 5.92 Å². The minimum absolute atomic E-state index is 0.564. The van der Waals surface area contributed by atoms with Crippen molar-refractivity contribution in [3.63, 3.8) is 0 Å². The Morgan fingerprint density at radius 2 is 2.14 bits per heavy atom. The molecule has 0 saturated carbocycles. The van der Waals surface area contributed by atoms with Gasteiger partial charge in [0, 0.05) is 29.7 Å². The highest BCUT2D eigenvalue weighted by Gasteiger charge is 2.32. The minimum atomic E-state index is 0.564. The molecule has 1 unspecified atom stereocenters. The highest BCUT2D eigenvalue weighted by molar-refractivity contribution is 5.87. The third-order valence-electron chi connectivity index (χ3n) is 5.20. The number of likely N-dealkylation sites (N-methyl/N-ethyl adjacent to an activating group) is 1. The molecule has 0 saturated heterocycles. The van der Waals surface area contributed by atoms with Crippen LogP contribution in [0.15, 0.2) is 18.2 Å². The Bertz CT molecular complexity index is 701. The summed E-state index contributed by atoms with van der Waals surface area (Å²) in [6, 6.07) is 7.31. The standard InChI is InChI=1S/C19H26N2O/c1-13(2)12-22-14-7-8-17-16(11-14)15-5-4-6-18-19(15)21(17)10-9-20(18)3/h7-8,11,13,18H,4-6,9-10,12H2,1-3H3. The average Bonchev–Trinajstić information content (AvgIpc) is 2.84. The maximum atomic E-state index is 5.95. The van der Waals surface area contributed by atoms with Gasteiger partial charge in [0.15, 0.2) is 0 Å². The van der Waals surface area contributed by atoms with Crippen LogP contribution in [0.2, 0.25) is 0 Å². The number of aryl methyl sites for hydroxylation is 1. The van der Waals surface area contributed by atoms with Crippen LogP contribution in [0.4, 0.5) is 0 Å². The number of rotatable bonds is 3. The van der Waals surface area contributed by atoms with Crippen molar-refractivity contribution < 1.29 is 4.74 Å². The summed E-state index contributed by atoms with van der Waals surface area (Å²) in [5, 5.41) is 1.43. The summed E-state index contributed by atoms with van der Waals surface area (Å²) in [6.07, 6.45) is 3.82. The second-order valence-corrected chi connectivity index (χ2v) is 7.29. The number of aromatic nitrogens is 1. The van der Waals surface area contributed by atoms with E-state index in [4.69, 9.17) is 4.74 Å². The molecule has 118 valence electrons. The zero-order chi connectivity index (χ0) is 15.3. The molecule has 0 N–H and O–H groups in total. The Labute approximate surface area is 132 Å². The van der Waals surface area contributed by atoms with Crippen LogP contribution in [0.1, 0.15) is 44.0 Å². The lowest BCUT2D eigenvalue weighted by molar-refractivity contribution is 0.178. The van der Waals surface area contributed by atoms with Crippen LogP contribution in [-0.4, -0.2) is 29.7 Å². The third kappa shape index (κ3) is 2.14. The number of hydrogen-bond donors (Lipinski definition) is 0. The zero-order valence-electron chi connectivity index (χ0n) is 13.9. The van der Waals surface area contributed by atoms with E-state index in [1.807, 2.05) is 0 Å². The fraction of sp³-hybridized carbons (Fsp3) is 0.579. The summed E-state index contributed by atoms with van der Waals surface area (Å²) in [7, 11) is 2.28. The number of fused-ring (bicyclic) bond motifs is 3. The number of nitrogens with zero attached hydrogens (tertiary/aromatic N) is 2. The molecule has 2 aromatic rings. The smallest absolute Gasteiger partial charge is 0.120 e. The van der Waals surface area contributed by atoms with E-state index in [9.17, 15) is 0 Å². The van der Waals surface area contributed by atoms with Crippen molar-refractivity contribution in [1.82, 2.24) is 9.47 Å². The van der Waals surface area contributed by atoms with Crippen molar-refractivity contribution in [1.29, 1.82) is 0 Å². The van der Waals surface area contributed by atoms with Crippen LogP contribution >= 0.6 is 0 Å². The molecule has 3 nitrogen and oxygen atoms in total. The van der Waals surface area contributed by atoms with Crippen molar-refractivity contribution in [2.75, 3.05) is 20.2 Å². The van der Waals surface area contributed by atoms with E-state index in [1.54, 1.807) is 11.3 Å². The fourth-order valence-electron chi connectivity index (χ4n) is 4.11. The molecule has 22 heavy (non-hydrogen) atoms. The summed E-state index contributed by atoms with van der Waals surface area (Å²) < 4.78 is 8.52. The fourth-order valence-corrected chi connectivity index (χ4v) is 4.11. The quantitative estimate of drug-likeness (QED) is 0.852. The summed E-state index contributed by atoms with van der Waals surface area (Å²) in [5.41, 5.74) is 4.56. The lowest BCUT2D eigenvalue weighted by Gasteiger charge is -2.37. The molecule has 2 heterocycles. The topological polar surface area (TPSA) is 17.4 Å². The van der Waals surface area contributed by atoms with Gasteiger partial charge in [-0.25, -0.2) is 0 Å². The molecule has 1 aliphatic heterocycles. The summed E-state index contributed by atoms with van der Waals surface area (Å²) >= 11 is 0. The largest absolute Gasteiger partial charge is 0.493 e. The van der Waals surface area contributed by atoms with E-state index in [1.165, 1.54) is 30.2 Å². The first-order chi connectivity index (χ1) is 10.6. The molecule has 0 radical (unpaired) electrons. The van der Waals surface area contributed by atoms with Crippen molar-refractivity contribution in [2.24, 2.45) is 5.92 Å². The molecule has 0 spiro atoms. The van der Waals surface area contributed by atoms with Gasteiger partial charge in [0.05, 0.1) is 12.6 Å². The zero-order valence-corrected chi connectivity index (χ0v) is 13.9. The Morgan fingerprint density at radius 3 is 2.95 bits per heavy atom. The summed E-state index contributed by atoms with van der Waals surface area (Å²) in [5.74, 6) is 1.59. The first-order valence-electron chi connectivity index (χ1n) is 8.63. The van der Waals surface area contributed by atoms with Gasteiger partial charge in [0.1, 0.15) is 5.75 Å². The summed E-state index contributed by atoms with van der Waals surface area (Å²) in [6.45, 7) is 7.46. The van der Waals surface area contributed by atoms with Crippen molar-refractivity contribution in [3.8, 4) is 5.75 Å². The minimum Gasteiger partial charge on any atom is -0.493 e. The molecular formula is C19H26N2O. The second kappa shape index (κ2) is 5.31. The van der Waals surface area contributed by atoms with E-state index in [0.717, 1.165) is 25.4 Å². The summed E-state index contributed by atoms with van der Waals surface area (Å²) in [4.78, 5) is 2.53. The van der Waals surface area contributed by atoms with Crippen molar-refractivity contribution in [2.45, 2.75) is 45.7 Å². The normalized spacial score (nSPS) is 21.4. The molecule has 1 aromatic carbocycles. The molecule has 1 atom stereocenters. The first-order valence-corrected chi connectivity index (χ1v) is 8.63. The van der Waals surface area contributed by atoms with Crippen LogP contribution in [0.25, 0.3) is 10.9 Å². The van der Waals surface area contributed by atoms with E-state index in [-0.39, 0.29) is 0 Å². The van der Waals surface area contributed by atoms with Crippen LogP contribution in [0.5, 0.6) is 5.75 Å². The van der Waals surface area contributed by atoms with Gasteiger partial charge in [-0.2, -0.15) is 0 Å². The Balaban J connectivity index is 1.81. The molecule has 2 aliphatic rings. The molecule has 1 aromatic heterocycles. The lowest BCUT2D eigenvalue weighted by atomic mass is 9.90. The van der Waals surface area contributed by atoms with Crippen molar-refractivity contribution >= 4 is 10.9 Å². The monoisotopic (exact) mass is 298 g/mol. The highest BCUT2D eigenvalue weighted by Crippen LogP contribution is 2.42. The Hall–Kier alpha value is -1.48. The lowest BCUT2D eigenvalue weighted by Crippen LogP contribution is -2.36. The van der Waals surface area contributed by atoms with E-state index < -0.39 is 0 Å². The van der Waals surface area contributed by atoms with Gasteiger partial charge >= 0.3 is 0 Å². The van der Waals surface area contributed by atoms with Gasteiger partial charge in [-0.3, -0.25) is 4.90 Å². The van der Waals surface area contributed by atoms with Crippen molar-refractivity contribution in [3.05, 3.63) is 29.5 Å². The Kier molecular flexibility index (Phi) is 3.41. The maximum Gasteiger partial charge on any atom is 0.120 e. The van der Waals surface area contributed by atoms with Crippen LogP contribution in [0.3, 0.4) is 0 Å².